The Kier molecular flexibility index (Phi) is 6.33. The first kappa shape index (κ1) is 17.6. The summed E-state index contributed by atoms with van der Waals surface area (Å²) >= 11 is 6.02. The Hall–Kier alpha value is -1.43. The van der Waals surface area contributed by atoms with Crippen molar-refractivity contribution in [2.45, 2.75) is 38.4 Å². The molecule has 0 aromatic heterocycles. The van der Waals surface area contributed by atoms with Crippen molar-refractivity contribution in [3.8, 4) is 0 Å². The molecule has 1 aromatic carbocycles. The number of hydrogen-bond acceptors (Lipinski definition) is 2. The number of benzene rings is 1. The van der Waals surface area contributed by atoms with Crippen molar-refractivity contribution in [3.05, 3.63) is 28.8 Å². The molecule has 0 saturated carbocycles. The van der Waals surface area contributed by atoms with Gasteiger partial charge in [0.15, 0.2) is 0 Å². The van der Waals surface area contributed by atoms with E-state index in [1.54, 1.807) is 25.1 Å². The predicted octanol–water partition coefficient (Wildman–Crippen LogP) is 4.23. The fourth-order valence-electron chi connectivity index (χ4n) is 1.87. The van der Waals surface area contributed by atoms with Gasteiger partial charge in [-0.25, -0.2) is 0 Å². The maximum atomic E-state index is 12.1. The van der Waals surface area contributed by atoms with Crippen LogP contribution in [0.4, 0.5) is 18.9 Å². The van der Waals surface area contributed by atoms with Gasteiger partial charge in [0.05, 0.1) is 10.7 Å². The van der Waals surface area contributed by atoms with Crippen LogP contribution >= 0.6 is 11.6 Å². The molecule has 0 bridgehead atoms. The average Bonchev–Trinajstić information content (AvgIpc) is 2.39. The van der Waals surface area contributed by atoms with Crippen molar-refractivity contribution < 1.29 is 18.0 Å². The summed E-state index contributed by atoms with van der Waals surface area (Å²) in [6, 6.07) is 4.57. The number of carbonyl (C=O) groups is 1. The molecule has 1 unspecified atom stereocenters. The van der Waals surface area contributed by atoms with Gasteiger partial charge >= 0.3 is 6.18 Å². The van der Waals surface area contributed by atoms with E-state index in [9.17, 15) is 18.0 Å². The highest BCUT2D eigenvalue weighted by Crippen LogP contribution is 2.26. The first-order valence-corrected chi connectivity index (χ1v) is 6.95. The second-order valence-electron chi connectivity index (χ2n) is 4.83. The summed E-state index contributed by atoms with van der Waals surface area (Å²) in [5, 5.41) is 5.96. The summed E-state index contributed by atoms with van der Waals surface area (Å²) in [5.74, 6) is -0.251. The molecule has 7 heteroatoms. The second kappa shape index (κ2) is 7.54. The Bertz CT molecular complexity index is 492. The zero-order valence-electron chi connectivity index (χ0n) is 11.9. The van der Waals surface area contributed by atoms with Gasteiger partial charge in [0.2, 0.25) is 0 Å². The van der Waals surface area contributed by atoms with Gasteiger partial charge < -0.3 is 10.6 Å². The van der Waals surface area contributed by atoms with Gasteiger partial charge in [0, 0.05) is 25.1 Å². The molecule has 1 rings (SSSR count). The second-order valence-corrected chi connectivity index (χ2v) is 5.23. The quantitative estimate of drug-likeness (QED) is 0.822. The zero-order chi connectivity index (χ0) is 16.0. The molecule has 0 radical (unpaired) electrons. The molecule has 1 aromatic rings. The lowest BCUT2D eigenvalue weighted by Crippen LogP contribution is -2.19. The van der Waals surface area contributed by atoms with Crippen LogP contribution in [0.15, 0.2) is 18.2 Å². The van der Waals surface area contributed by atoms with E-state index in [-0.39, 0.29) is 18.4 Å². The largest absolute Gasteiger partial charge is 0.389 e. The third-order valence-electron chi connectivity index (χ3n) is 2.95. The third-order valence-corrected chi connectivity index (χ3v) is 3.28. The van der Waals surface area contributed by atoms with Crippen LogP contribution in [0.2, 0.25) is 5.02 Å². The lowest BCUT2D eigenvalue weighted by Gasteiger charge is -2.17. The molecule has 1 amide bonds. The van der Waals surface area contributed by atoms with Crippen LogP contribution in [-0.2, 0) is 0 Å². The van der Waals surface area contributed by atoms with Gasteiger partial charge in [-0.2, -0.15) is 13.2 Å². The summed E-state index contributed by atoms with van der Waals surface area (Å²) in [4.78, 5) is 11.5. The predicted molar refractivity (Wildman–Crippen MR) is 77.8 cm³/mol. The Morgan fingerprint density at radius 2 is 2.05 bits per heavy atom. The summed E-state index contributed by atoms with van der Waals surface area (Å²) in [7, 11) is 1.52. The molecule has 21 heavy (non-hydrogen) atoms. The van der Waals surface area contributed by atoms with Gasteiger partial charge in [-0.15, -0.1) is 0 Å². The number of anilines is 1. The van der Waals surface area contributed by atoms with Crippen LogP contribution < -0.4 is 10.6 Å². The van der Waals surface area contributed by atoms with Crippen molar-refractivity contribution in [1.29, 1.82) is 0 Å². The van der Waals surface area contributed by atoms with Crippen LogP contribution in [0.25, 0.3) is 0 Å². The molecule has 0 aliphatic heterocycles. The molecular formula is C14H18ClF3N2O. The molecule has 118 valence electrons. The van der Waals surface area contributed by atoms with E-state index in [0.717, 1.165) is 0 Å². The molecule has 0 fully saturated rings. The normalized spacial score (nSPS) is 12.9. The molecule has 1 atom stereocenters. The Balaban J connectivity index is 2.63. The van der Waals surface area contributed by atoms with Gasteiger partial charge in [-0.3, -0.25) is 4.79 Å². The van der Waals surface area contributed by atoms with E-state index in [1.165, 1.54) is 7.05 Å². The number of carbonyl (C=O) groups excluding carboxylic acids is 1. The smallest absolute Gasteiger partial charge is 0.381 e. The molecule has 0 heterocycles. The lowest BCUT2D eigenvalue weighted by molar-refractivity contribution is -0.135. The van der Waals surface area contributed by atoms with Crippen molar-refractivity contribution in [1.82, 2.24) is 5.32 Å². The van der Waals surface area contributed by atoms with E-state index in [2.05, 4.69) is 10.6 Å². The molecular weight excluding hydrogens is 305 g/mol. The monoisotopic (exact) mass is 322 g/mol. The highest BCUT2D eigenvalue weighted by atomic mass is 35.5. The third kappa shape index (κ3) is 6.25. The van der Waals surface area contributed by atoms with Crippen LogP contribution in [0.5, 0.6) is 0 Å². The molecule has 0 aliphatic carbocycles. The molecule has 0 aliphatic rings. The average molecular weight is 323 g/mol. The van der Waals surface area contributed by atoms with Crippen LogP contribution in [0.1, 0.15) is 36.5 Å². The molecule has 0 saturated heterocycles. The minimum Gasteiger partial charge on any atom is -0.381 e. The standard InChI is InChI=1S/C14H18ClF3N2O/c1-9(4-3-7-14(16,17)18)20-12-8-10(13(21)19-2)5-6-11(12)15/h5-6,8-9,20H,3-4,7H2,1-2H3,(H,19,21). The van der Waals surface area contributed by atoms with Crippen LogP contribution in [0.3, 0.4) is 0 Å². The van der Waals surface area contributed by atoms with Crippen LogP contribution in [0, 0.1) is 0 Å². The highest BCUT2D eigenvalue weighted by molar-refractivity contribution is 6.33. The topological polar surface area (TPSA) is 41.1 Å². The van der Waals surface area contributed by atoms with Crippen LogP contribution in [-0.4, -0.2) is 25.2 Å². The van der Waals surface area contributed by atoms with E-state index >= 15 is 0 Å². The first-order valence-electron chi connectivity index (χ1n) is 6.58. The highest BCUT2D eigenvalue weighted by Gasteiger charge is 2.26. The Morgan fingerprint density at radius 1 is 1.38 bits per heavy atom. The maximum Gasteiger partial charge on any atom is 0.389 e. The number of nitrogens with one attached hydrogen (secondary N) is 2. The number of amides is 1. The summed E-state index contributed by atoms with van der Waals surface area (Å²) < 4.78 is 36.3. The van der Waals surface area contributed by atoms with E-state index in [0.29, 0.717) is 22.7 Å². The number of hydrogen-bond donors (Lipinski definition) is 2. The van der Waals surface area contributed by atoms with E-state index < -0.39 is 12.6 Å². The molecule has 3 nitrogen and oxygen atoms in total. The Morgan fingerprint density at radius 3 is 2.62 bits per heavy atom. The van der Waals surface area contributed by atoms with E-state index in [4.69, 9.17) is 11.6 Å². The lowest BCUT2D eigenvalue weighted by atomic mass is 10.1. The van der Waals surface area contributed by atoms with Crippen molar-refractivity contribution in [3.63, 3.8) is 0 Å². The number of rotatable bonds is 6. The van der Waals surface area contributed by atoms with Crippen molar-refractivity contribution in [2.75, 3.05) is 12.4 Å². The molecule has 2 N–H and O–H groups in total. The summed E-state index contributed by atoms with van der Waals surface area (Å²) in [6.07, 6.45) is -4.52. The maximum absolute atomic E-state index is 12.1. The SMILES string of the molecule is CNC(=O)c1ccc(Cl)c(NC(C)CCCC(F)(F)F)c1. The van der Waals surface area contributed by atoms with Crippen molar-refractivity contribution >= 4 is 23.2 Å². The van der Waals surface area contributed by atoms with Gasteiger partial charge in [0.1, 0.15) is 0 Å². The first-order chi connectivity index (χ1) is 9.73. The van der Waals surface area contributed by atoms with Crippen molar-refractivity contribution in [2.24, 2.45) is 0 Å². The molecule has 0 spiro atoms. The van der Waals surface area contributed by atoms with E-state index in [1.807, 2.05) is 0 Å². The number of halogens is 4. The summed E-state index contributed by atoms with van der Waals surface area (Å²) in [6.45, 7) is 1.78. The Labute approximate surface area is 126 Å². The zero-order valence-corrected chi connectivity index (χ0v) is 12.6. The fraction of sp³-hybridized carbons (Fsp3) is 0.500. The van der Waals surface area contributed by atoms with Gasteiger partial charge in [0.25, 0.3) is 5.91 Å². The summed E-state index contributed by atoms with van der Waals surface area (Å²) in [5.41, 5.74) is 0.976. The van der Waals surface area contributed by atoms with Gasteiger partial charge in [-0.1, -0.05) is 11.6 Å². The minimum atomic E-state index is -4.13. The minimum absolute atomic E-state index is 0.0461. The number of alkyl halides is 3. The fourth-order valence-corrected chi connectivity index (χ4v) is 2.04. The van der Waals surface area contributed by atoms with Gasteiger partial charge in [-0.05, 0) is 38.0 Å².